The summed E-state index contributed by atoms with van der Waals surface area (Å²) in [5.74, 6) is -0.0576. The van der Waals surface area contributed by atoms with Crippen molar-refractivity contribution in [3.05, 3.63) is 58.9 Å². The molecule has 1 aromatic heterocycles. The van der Waals surface area contributed by atoms with E-state index in [-0.39, 0.29) is 5.56 Å². The molecule has 1 aliphatic heterocycles. The number of rotatable bonds is 7. The van der Waals surface area contributed by atoms with Gasteiger partial charge in [-0.25, -0.2) is 4.39 Å². The maximum Gasteiger partial charge on any atom is 0.315 e. The van der Waals surface area contributed by atoms with Gasteiger partial charge in [-0.3, -0.25) is 4.79 Å². The van der Waals surface area contributed by atoms with Crippen molar-refractivity contribution in [3.8, 4) is 11.5 Å². The van der Waals surface area contributed by atoms with Gasteiger partial charge in [-0.05, 0) is 87.9 Å². The highest BCUT2D eigenvalue weighted by Gasteiger charge is 2.25. The number of anilines is 2. The van der Waals surface area contributed by atoms with E-state index >= 15 is 0 Å². The monoisotopic (exact) mass is 497 g/mol. The van der Waals surface area contributed by atoms with E-state index in [1.807, 2.05) is 0 Å². The Morgan fingerprint density at radius 1 is 1.09 bits per heavy atom. The zero-order valence-electron chi connectivity index (χ0n) is 19.5. The standard InChI is InChI=1S/C26H29ClFN5O2/c27-22-15-19(29-24(34)21-5-1-2-6-23(21)28)11-12-20(22)25-31-32-26(35-25)30-18-9-7-17(8-10-18)16-33-13-3-4-14-33/h1-2,5-6,11-12,15,17-18H,3-4,7-10,13-14,16H2,(H,29,34)(H,30,32)/t17-,18-. The number of amides is 1. The maximum atomic E-state index is 13.9. The van der Waals surface area contributed by atoms with Crippen molar-refractivity contribution in [2.24, 2.45) is 5.92 Å². The number of halogens is 2. The summed E-state index contributed by atoms with van der Waals surface area (Å²) < 4.78 is 19.7. The molecule has 9 heteroatoms. The lowest BCUT2D eigenvalue weighted by atomic mass is 9.86. The molecule has 0 bridgehead atoms. The van der Waals surface area contributed by atoms with Crippen LogP contribution in [0.2, 0.25) is 5.02 Å². The van der Waals surface area contributed by atoms with E-state index in [9.17, 15) is 9.18 Å². The second-order valence-electron chi connectivity index (χ2n) is 9.41. The Morgan fingerprint density at radius 2 is 1.86 bits per heavy atom. The first-order chi connectivity index (χ1) is 17.0. The van der Waals surface area contributed by atoms with Gasteiger partial charge in [0.05, 0.1) is 16.1 Å². The summed E-state index contributed by atoms with van der Waals surface area (Å²) in [6.07, 6.45) is 7.28. The van der Waals surface area contributed by atoms with E-state index in [1.54, 1.807) is 24.3 Å². The Labute approximate surface area is 209 Å². The molecule has 1 saturated carbocycles. The number of carbonyl (C=O) groups excluding carboxylic acids is 1. The van der Waals surface area contributed by atoms with Crippen molar-refractivity contribution in [3.63, 3.8) is 0 Å². The van der Waals surface area contributed by atoms with E-state index in [4.69, 9.17) is 16.0 Å². The lowest BCUT2D eigenvalue weighted by Crippen LogP contribution is -2.32. The van der Waals surface area contributed by atoms with Gasteiger partial charge >= 0.3 is 6.01 Å². The molecule has 2 fully saturated rings. The van der Waals surface area contributed by atoms with Crippen molar-refractivity contribution >= 4 is 29.2 Å². The average Bonchev–Trinajstić information content (AvgIpc) is 3.53. The molecule has 1 aliphatic carbocycles. The molecule has 5 rings (SSSR count). The van der Waals surface area contributed by atoms with Gasteiger partial charge in [0.15, 0.2) is 0 Å². The number of likely N-dealkylation sites (tertiary alicyclic amines) is 1. The number of hydrogen-bond donors (Lipinski definition) is 2. The van der Waals surface area contributed by atoms with Crippen molar-refractivity contribution in [2.45, 2.75) is 44.6 Å². The Bertz CT molecular complexity index is 1170. The predicted octanol–water partition coefficient (Wildman–Crippen LogP) is 5.85. The minimum atomic E-state index is -0.585. The van der Waals surface area contributed by atoms with Crippen LogP contribution in [0.25, 0.3) is 11.5 Å². The molecular formula is C26H29ClFN5O2. The molecule has 3 aromatic rings. The molecule has 2 heterocycles. The van der Waals surface area contributed by atoms with Crippen LogP contribution in [-0.2, 0) is 0 Å². The molecule has 2 aromatic carbocycles. The van der Waals surface area contributed by atoms with Crippen LogP contribution in [0.5, 0.6) is 0 Å². The molecule has 0 atom stereocenters. The lowest BCUT2D eigenvalue weighted by Gasteiger charge is -2.31. The molecule has 1 amide bonds. The molecule has 0 radical (unpaired) electrons. The van der Waals surface area contributed by atoms with Gasteiger partial charge in [0.1, 0.15) is 5.82 Å². The van der Waals surface area contributed by atoms with E-state index < -0.39 is 11.7 Å². The Balaban J connectivity index is 1.16. The minimum absolute atomic E-state index is 0.0367. The van der Waals surface area contributed by atoms with Gasteiger partial charge in [0.25, 0.3) is 11.8 Å². The summed E-state index contributed by atoms with van der Waals surface area (Å²) in [6, 6.07) is 11.5. The Kier molecular flexibility index (Phi) is 7.29. The van der Waals surface area contributed by atoms with E-state index in [2.05, 4.69) is 25.7 Å². The third kappa shape index (κ3) is 5.82. The van der Waals surface area contributed by atoms with Crippen molar-refractivity contribution in [1.29, 1.82) is 0 Å². The number of carbonyl (C=O) groups is 1. The lowest BCUT2D eigenvalue weighted by molar-refractivity contribution is 0.102. The number of nitrogens with zero attached hydrogens (tertiary/aromatic N) is 3. The summed E-state index contributed by atoms with van der Waals surface area (Å²) in [4.78, 5) is 15.0. The van der Waals surface area contributed by atoms with E-state index in [1.165, 1.54) is 63.5 Å². The normalized spacial score (nSPS) is 20.6. The highest BCUT2D eigenvalue weighted by Crippen LogP contribution is 2.32. The zero-order chi connectivity index (χ0) is 24.2. The van der Waals surface area contributed by atoms with Crippen LogP contribution < -0.4 is 10.6 Å². The molecule has 7 nitrogen and oxygen atoms in total. The Hall–Kier alpha value is -2.97. The van der Waals surface area contributed by atoms with Crippen molar-refractivity contribution in [1.82, 2.24) is 15.1 Å². The van der Waals surface area contributed by atoms with Crippen molar-refractivity contribution in [2.75, 3.05) is 30.3 Å². The van der Waals surface area contributed by atoms with Gasteiger partial charge in [0, 0.05) is 18.3 Å². The molecule has 0 spiro atoms. The molecule has 0 unspecified atom stereocenters. The van der Waals surface area contributed by atoms with Gasteiger partial charge < -0.3 is 20.0 Å². The van der Waals surface area contributed by atoms with Crippen molar-refractivity contribution < 1.29 is 13.6 Å². The second kappa shape index (κ2) is 10.7. The quantitative estimate of drug-likeness (QED) is 0.426. The third-order valence-electron chi connectivity index (χ3n) is 6.89. The van der Waals surface area contributed by atoms with Crippen LogP contribution in [0.15, 0.2) is 46.9 Å². The SMILES string of the molecule is O=C(Nc1ccc(-c2nnc(N[C@H]3CC[C@H](CN4CCCC4)CC3)o2)c(Cl)c1)c1ccccc1F. The molecule has 2 aliphatic rings. The molecule has 184 valence electrons. The van der Waals surface area contributed by atoms with Gasteiger partial charge in [-0.15, -0.1) is 5.10 Å². The van der Waals surface area contributed by atoms with Crippen LogP contribution in [0.1, 0.15) is 48.9 Å². The summed E-state index contributed by atoms with van der Waals surface area (Å²) >= 11 is 6.43. The maximum absolute atomic E-state index is 13.9. The average molecular weight is 498 g/mol. The van der Waals surface area contributed by atoms with Crippen LogP contribution >= 0.6 is 11.6 Å². The van der Waals surface area contributed by atoms with Crippen LogP contribution in [0.4, 0.5) is 16.1 Å². The fraction of sp³-hybridized carbons (Fsp3) is 0.423. The van der Waals surface area contributed by atoms with Gasteiger partial charge in [-0.1, -0.05) is 28.8 Å². The second-order valence-corrected chi connectivity index (χ2v) is 9.82. The fourth-order valence-electron chi connectivity index (χ4n) is 4.99. The topological polar surface area (TPSA) is 83.3 Å². The number of aromatic nitrogens is 2. The summed E-state index contributed by atoms with van der Waals surface area (Å²) in [7, 11) is 0. The smallest absolute Gasteiger partial charge is 0.315 e. The summed E-state index contributed by atoms with van der Waals surface area (Å²) in [5.41, 5.74) is 0.964. The third-order valence-corrected chi connectivity index (χ3v) is 7.20. The fourth-order valence-corrected chi connectivity index (χ4v) is 5.26. The molecular weight excluding hydrogens is 469 g/mol. The Morgan fingerprint density at radius 3 is 2.60 bits per heavy atom. The van der Waals surface area contributed by atoms with Crippen LogP contribution in [-0.4, -0.2) is 46.7 Å². The summed E-state index contributed by atoms with van der Waals surface area (Å²) in [5, 5.41) is 14.7. The van der Waals surface area contributed by atoms with Gasteiger partial charge in [0.2, 0.25) is 0 Å². The minimum Gasteiger partial charge on any atom is -0.403 e. The summed E-state index contributed by atoms with van der Waals surface area (Å²) in [6.45, 7) is 3.74. The zero-order valence-corrected chi connectivity index (χ0v) is 20.2. The number of benzene rings is 2. The number of hydrogen-bond acceptors (Lipinski definition) is 6. The highest BCUT2D eigenvalue weighted by atomic mass is 35.5. The first kappa shape index (κ1) is 23.8. The van der Waals surface area contributed by atoms with E-state index in [0.717, 1.165) is 18.8 Å². The van der Waals surface area contributed by atoms with Crippen LogP contribution in [0.3, 0.4) is 0 Å². The molecule has 2 N–H and O–H groups in total. The first-order valence-electron chi connectivity index (χ1n) is 12.2. The molecule has 1 saturated heterocycles. The van der Waals surface area contributed by atoms with Gasteiger partial charge in [-0.2, -0.15) is 0 Å². The highest BCUT2D eigenvalue weighted by molar-refractivity contribution is 6.33. The van der Waals surface area contributed by atoms with Crippen LogP contribution in [0, 0.1) is 11.7 Å². The molecule has 35 heavy (non-hydrogen) atoms. The first-order valence-corrected chi connectivity index (χ1v) is 12.6. The predicted molar refractivity (Wildman–Crippen MR) is 134 cm³/mol. The van der Waals surface area contributed by atoms with E-state index in [0.29, 0.717) is 34.2 Å². The number of nitrogens with one attached hydrogen (secondary N) is 2. The largest absolute Gasteiger partial charge is 0.403 e.